The number of aliphatic hydroxyl groups is 3. The quantitative estimate of drug-likeness (QED) is 0.311. The van der Waals surface area contributed by atoms with E-state index in [1.165, 1.54) is 0 Å². The molecule has 0 amide bonds. The van der Waals surface area contributed by atoms with Crippen molar-refractivity contribution in [1.29, 1.82) is 0 Å². The Morgan fingerprint density at radius 2 is 1.06 bits per heavy atom. The lowest BCUT2D eigenvalue weighted by Crippen LogP contribution is -2.48. The zero-order chi connectivity index (χ0) is 23.5. The summed E-state index contributed by atoms with van der Waals surface area (Å²) in [4.78, 5) is 0. The molecule has 0 aromatic carbocycles. The largest absolute Gasteiger partial charge is 0.391 e. The number of rotatable bonds is 16. The monoisotopic (exact) mass is 446 g/mol. The summed E-state index contributed by atoms with van der Waals surface area (Å²) in [6.45, 7) is 15.2. The zero-order valence-corrected chi connectivity index (χ0v) is 21.0. The average molecular weight is 447 g/mol. The van der Waals surface area contributed by atoms with Crippen molar-refractivity contribution in [2.75, 3.05) is 39.6 Å². The van der Waals surface area contributed by atoms with Gasteiger partial charge in [-0.3, -0.25) is 0 Å². The van der Waals surface area contributed by atoms with Crippen LogP contribution in [0, 0.1) is 16.2 Å². The summed E-state index contributed by atoms with van der Waals surface area (Å²) in [5, 5.41) is 29.4. The molecule has 0 aliphatic heterocycles. The molecule has 0 bridgehead atoms. The van der Waals surface area contributed by atoms with Crippen LogP contribution in [0.2, 0.25) is 0 Å². The highest BCUT2D eigenvalue weighted by atomic mass is 16.5. The van der Waals surface area contributed by atoms with Crippen LogP contribution in [0.4, 0.5) is 0 Å². The predicted octanol–water partition coefficient (Wildman–Crippen LogP) is 3.94. The van der Waals surface area contributed by atoms with Crippen molar-refractivity contribution in [1.82, 2.24) is 0 Å². The highest BCUT2D eigenvalue weighted by molar-refractivity contribution is 4.99. The van der Waals surface area contributed by atoms with Crippen LogP contribution in [0.1, 0.15) is 86.5 Å². The van der Waals surface area contributed by atoms with Crippen LogP contribution >= 0.6 is 0 Å². The fraction of sp³-hybridized carbons (Fsp3) is 1.00. The van der Waals surface area contributed by atoms with Crippen molar-refractivity contribution in [2.24, 2.45) is 16.2 Å². The van der Waals surface area contributed by atoms with Crippen LogP contribution in [-0.2, 0) is 14.2 Å². The SMILES string of the molecule is CCCCCC(O)COCC1(C)CC(C)(COCC(C)O)CC(C)(COCC(C)O)C1. The first-order valence-electron chi connectivity index (χ1n) is 12.2. The molecule has 1 saturated carbocycles. The Morgan fingerprint density at radius 1 is 0.677 bits per heavy atom. The Labute approximate surface area is 190 Å². The summed E-state index contributed by atoms with van der Waals surface area (Å²) in [7, 11) is 0. The molecule has 6 heteroatoms. The fourth-order valence-corrected chi connectivity index (χ4v) is 5.69. The molecule has 0 spiro atoms. The summed E-state index contributed by atoms with van der Waals surface area (Å²) in [5.41, 5.74) is -0.185. The van der Waals surface area contributed by atoms with Gasteiger partial charge < -0.3 is 29.5 Å². The maximum Gasteiger partial charge on any atom is 0.0773 e. The van der Waals surface area contributed by atoms with Crippen molar-refractivity contribution in [2.45, 2.75) is 105 Å². The lowest BCUT2D eigenvalue weighted by molar-refractivity contribution is -0.122. The van der Waals surface area contributed by atoms with Crippen LogP contribution in [0.5, 0.6) is 0 Å². The highest BCUT2D eigenvalue weighted by Gasteiger charge is 2.49. The maximum absolute atomic E-state index is 10.2. The third-order valence-corrected chi connectivity index (χ3v) is 6.08. The van der Waals surface area contributed by atoms with E-state index in [-0.39, 0.29) is 16.2 Å². The molecule has 1 aliphatic carbocycles. The van der Waals surface area contributed by atoms with E-state index in [0.717, 1.165) is 44.9 Å². The molecule has 5 atom stereocenters. The third kappa shape index (κ3) is 12.0. The molecule has 1 fully saturated rings. The van der Waals surface area contributed by atoms with E-state index >= 15 is 0 Å². The van der Waals surface area contributed by atoms with Gasteiger partial charge in [0.25, 0.3) is 0 Å². The summed E-state index contributed by atoms with van der Waals surface area (Å²) >= 11 is 0. The Morgan fingerprint density at radius 3 is 1.42 bits per heavy atom. The minimum Gasteiger partial charge on any atom is -0.391 e. The van der Waals surface area contributed by atoms with Crippen LogP contribution in [0.25, 0.3) is 0 Å². The molecule has 1 aliphatic rings. The van der Waals surface area contributed by atoms with Crippen molar-refractivity contribution in [3.8, 4) is 0 Å². The molecular formula is C25H50O6. The lowest BCUT2D eigenvalue weighted by Gasteiger charge is -2.52. The first-order chi connectivity index (χ1) is 14.4. The van der Waals surface area contributed by atoms with Crippen molar-refractivity contribution in [3.05, 3.63) is 0 Å². The van der Waals surface area contributed by atoms with E-state index in [0.29, 0.717) is 39.6 Å². The van der Waals surface area contributed by atoms with Crippen LogP contribution in [0.3, 0.4) is 0 Å². The second-order valence-electron chi connectivity index (χ2n) is 11.4. The maximum atomic E-state index is 10.2. The summed E-state index contributed by atoms with van der Waals surface area (Å²) < 4.78 is 17.7. The second kappa shape index (κ2) is 13.5. The number of ether oxygens (including phenoxy) is 3. The van der Waals surface area contributed by atoms with E-state index in [1.807, 2.05) is 0 Å². The summed E-state index contributed by atoms with van der Waals surface area (Å²) in [5.74, 6) is 0. The molecule has 0 aromatic heterocycles. The minimum atomic E-state index is -0.475. The number of unbranched alkanes of at least 4 members (excludes halogenated alkanes) is 2. The zero-order valence-electron chi connectivity index (χ0n) is 21.0. The Kier molecular flexibility index (Phi) is 12.5. The number of hydrogen-bond acceptors (Lipinski definition) is 6. The predicted molar refractivity (Wildman–Crippen MR) is 124 cm³/mol. The van der Waals surface area contributed by atoms with E-state index < -0.39 is 18.3 Å². The van der Waals surface area contributed by atoms with E-state index in [2.05, 4.69) is 27.7 Å². The second-order valence-corrected chi connectivity index (χ2v) is 11.4. The normalized spacial score (nSPS) is 32.0. The van der Waals surface area contributed by atoms with E-state index in [9.17, 15) is 15.3 Å². The van der Waals surface area contributed by atoms with Crippen molar-refractivity contribution >= 4 is 0 Å². The van der Waals surface area contributed by atoms with Gasteiger partial charge in [-0.1, -0.05) is 47.0 Å². The van der Waals surface area contributed by atoms with E-state index in [1.54, 1.807) is 13.8 Å². The number of hydrogen-bond donors (Lipinski definition) is 3. The van der Waals surface area contributed by atoms with Crippen molar-refractivity contribution in [3.63, 3.8) is 0 Å². The molecule has 31 heavy (non-hydrogen) atoms. The Balaban J connectivity index is 2.75. The topological polar surface area (TPSA) is 88.4 Å². The van der Waals surface area contributed by atoms with Crippen LogP contribution in [0.15, 0.2) is 0 Å². The molecule has 3 N–H and O–H groups in total. The third-order valence-electron chi connectivity index (χ3n) is 6.08. The molecular weight excluding hydrogens is 396 g/mol. The average Bonchev–Trinajstić information content (AvgIpc) is 2.59. The van der Waals surface area contributed by atoms with Gasteiger partial charge in [0.05, 0.1) is 58.0 Å². The van der Waals surface area contributed by atoms with Gasteiger partial charge in [0.15, 0.2) is 0 Å². The van der Waals surface area contributed by atoms with Crippen molar-refractivity contribution < 1.29 is 29.5 Å². The van der Waals surface area contributed by atoms with Crippen LogP contribution in [-0.4, -0.2) is 73.3 Å². The summed E-state index contributed by atoms with van der Waals surface area (Å²) in [6.07, 6.45) is 5.64. The molecule has 186 valence electrons. The molecule has 0 radical (unpaired) electrons. The molecule has 0 aromatic rings. The molecule has 6 nitrogen and oxygen atoms in total. The Bertz CT molecular complexity index is 455. The Hall–Kier alpha value is -0.240. The lowest BCUT2D eigenvalue weighted by atomic mass is 9.55. The van der Waals surface area contributed by atoms with Gasteiger partial charge in [-0.05, 0) is 55.8 Å². The highest BCUT2D eigenvalue weighted by Crippen LogP contribution is 2.54. The standard InChI is InChI=1S/C25H50O6/c1-7-8-9-10-22(28)13-31-19-25(6)15-23(4,17-29-11-20(2)26)14-24(5,16-25)18-30-12-21(3)27/h20-22,26-28H,7-19H2,1-6H3. The van der Waals surface area contributed by atoms with Gasteiger partial charge in [0.2, 0.25) is 0 Å². The van der Waals surface area contributed by atoms with Gasteiger partial charge in [-0.15, -0.1) is 0 Å². The van der Waals surface area contributed by atoms with Gasteiger partial charge in [0, 0.05) is 0 Å². The van der Waals surface area contributed by atoms with Gasteiger partial charge >= 0.3 is 0 Å². The van der Waals surface area contributed by atoms with Gasteiger partial charge in [-0.2, -0.15) is 0 Å². The van der Waals surface area contributed by atoms with Gasteiger partial charge in [0.1, 0.15) is 0 Å². The molecule has 5 unspecified atom stereocenters. The molecule has 1 rings (SSSR count). The molecule has 0 saturated heterocycles. The summed E-state index contributed by atoms with van der Waals surface area (Å²) in [6, 6.07) is 0. The number of aliphatic hydroxyl groups excluding tert-OH is 3. The molecule has 0 heterocycles. The van der Waals surface area contributed by atoms with E-state index in [4.69, 9.17) is 14.2 Å². The fourth-order valence-electron chi connectivity index (χ4n) is 5.69. The van der Waals surface area contributed by atoms with Crippen LogP contribution < -0.4 is 0 Å². The first kappa shape index (κ1) is 28.8. The van der Waals surface area contributed by atoms with Gasteiger partial charge in [-0.25, -0.2) is 0 Å². The first-order valence-corrected chi connectivity index (χ1v) is 12.2. The smallest absolute Gasteiger partial charge is 0.0773 e. The minimum absolute atomic E-state index is 0.0616.